The number of halogens is 2. The molecular formula is C9H10BrClO. The van der Waals surface area contributed by atoms with E-state index in [9.17, 15) is 0 Å². The first-order chi connectivity index (χ1) is 5.74. The highest BCUT2D eigenvalue weighted by Crippen LogP contribution is 2.22. The van der Waals surface area contributed by atoms with Crippen LogP contribution in [0.2, 0.25) is 0 Å². The van der Waals surface area contributed by atoms with Gasteiger partial charge in [0.25, 0.3) is 0 Å². The molecule has 3 heteroatoms. The minimum atomic E-state index is 0.520. The molecule has 0 saturated carbocycles. The Bertz CT molecular complexity index is 263. The van der Waals surface area contributed by atoms with E-state index in [1.165, 1.54) is 0 Å². The van der Waals surface area contributed by atoms with Crippen molar-refractivity contribution in [3.05, 3.63) is 28.2 Å². The van der Waals surface area contributed by atoms with Crippen LogP contribution < -0.4 is 4.74 Å². The summed E-state index contributed by atoms with van der Waals surface area (Å²) in [7, 11) is 0. The van der Waals surface area contributed by atoms with Crippen molar-refractivity contribution in [1.29, 1.82) is 0 Å². The number of hydrogen-bond donors (Lipinski definition) is 0. The second-order valence-corrected chi connectivity index (χ2v) is 3.74. The first-order valence-corrected chi connectivity index (χ1v) is 5.01. The van der Waals surface area contributed by atoms with Crippen LogP contribution in [0.15, 0.2) is 22.7 Å². The normalized spacial score (nSPS) is 9.92. The van der Waals surface area contributed by atoms with Gasteiger partial charge in [-0.05, 0) is 24.6 Å². The van der Waals surface area contributed by atoms with Gasteiger partial charge in [-0.25, -0.2) is 0 Å². The van der Waals surface area contributed by atoms with Crippen molar-refractivity contribution in [1.82, 2.24) is 0 Å². The average Bonchev–Trinajstić information content (AvgIpc) is 2.07. The van der Waals surface area contributed by atoms with Gasteiger partial charge in [0.15, 0.2) is 0 Å². The molecule has 1 nitrogen and oxygen atoms in total. The molecule has 12 heavy (non-hydrogen) atoms. The van der Waals surface area contributed by atoms with E-state index in [1.54, 1.807) is 0 Å². The van der Waals surface area contributed by atoms with Crippen LogP contribution in [0.25, 0.3) is 0 Å². The van der Waals surface area contributed by atoms with Crippen molar-refractivity contribution in [2.24, 2.45) is 0 Å². The summed E-state index contributed by atoms with van der Waals surface area (Å²) < 4.78 is 6.43. The Hall–Kier alpha value is -0.210. The number of hydrogen-bond acceptors (Lipinski definition) is 1. The molecule has 1 rings (SSSR count). The third-order valence-corrected chi connectivity index (χ3v) is 2.13. The molecule has 0 N–H and O–H groups in total. The monoisotopic (exact) mass is 248 g/mol. The topological polar surface area (TPSA) is 9.23 Å². The fourth-order valence-corrected chi connectivity index (χ4v) is 1.30. The summed E-state index contributed by atoms with van der Waals surface area (Å²) in [4.78, 5) is 0. The second-order valence-electron chi connectivity index (χ2n) is 2.45. The summed E-state index contributed by atoms with van der Waals surface area (Å²) in [6.45, 7) is 2.56. The highest BCUT2D eigenvalue weighted by atomic mass is 79.9. The second kappa shape index (κ2) is 4.73. The van der Waals surface area contributed by atoms with E-state index in [0.29, 0.717) is 12.5 Å². The van der Waals surface area contributed by atoms with Crippen LogP contribution in [-0.4, -0.2) is 12.5 Å². The lowest BCUT2D eigenvalue weighted by Gasteiger charge is -2.07. The Kier molecular flexibility index (Phi) is 3.89. The maximum absolute atomic E-state index is 5.51. The SMILES string of the molecule is Cc1ccc(Br)cc1OCCCl. The molecule has 0 spiro atoms. The molecule has 0 atom stereocenters. The summed E-state index contributed by atoms with van der Waals surface area (Å²) in [5.74, 6) is 1.41. The molecule has 0 fully saturated rings. The molecule has 0 amide bonds. The number of aryl methyl sites for hydroxylation is 1. The fraction of sp³-hybridized carbons (Fsp3) is 0.333. The average molecular weight is 250 g/mol. The molecule has 1 aromatic carbocycles. The van der Waals surface area contributed by atoms with Crippen molar-refractivity contribution < 1.29 is 4.74 Å². The molecule has 0 aliphatic carbocycles. The first-order valence-electron chi connectivity index (χ1n) is 3.69. The Balaban J connectivity index is 2.75. The van der Waals surface area contributed by atoms with Gasteiger partial charge in [-0.3, -0.25) is 0 Å². The summed E-state index contributed by atoms with van der Waals surface area (Å²) in [5.41, 5.74) is 1.13. The molecule has 0 aliphatic rings. The van der Waals surface area contributed by atoms with Crippen LogP contribution in [0.5, 0.6) is 5.75 Å². The zero-order chi connectivity index (χ0) is 8.97. The van der Waals surface area contributed by atoms with Gasteiger partial charge in [0.05, 0.1) is 5.88 Å². The summed E-state index contributed by atoms with van der Waals surface area (Å²) in [6.07, 6.45) is 0. The van der Waals surface area contributed by atoms with Gasteiger partial charge in [0.1, 0.15) is 12.4 Å². The van der Waals surface area contributed by atoms with Gasteiger partial charge < -0.3 is 4.74 Å². The van der Waals surface area contributed by atoms with E-state index in [-0.39, 0.29) is 0 Å². The summed E-state index contributed by atoms with van der Waals surface area (Å²) >= 11 is 8.88. The van der Waals surface area contributed by atoms with Crippen LogP contribution in [0, 0.1) is 6.92 Å². The zero-order valence-electron chi connectivity index (χ0n) is 6.81. The van der Waals surface area contributed by atoms with Gasteiger partial charge in [-0.2, -0.15) is 0 Å². The van der Waals surface area contributed by atoms with Crippen LogP contribution in [0.4, 0.5) is 0 Å². The maximum Gasteiger partial charge on any atom is 0.123 e. The minimum Gasteiger partial charge on any atom is -0.492 e. The van der Waals surface area contributed by atoms with Crippen LogP contribution >= 0.6 is 27.5 Å². The standard InChI is InChI=1S/C9H10BrClO/c1-7-2-3-8(10)6-9(7)12-5-4-11/h2-3,6H,4-5H2,1H3. The molecular weight excluding hydrogens is 239 g/mol. The van der Waals surface area contributed by atoms with Crippen molar-refractivity contribution in [2.45, 2.75) is 6.92 Å². The molecule has 0 radical (unpaired) electrons. The molecule has 0 bridgehead atoms. The highest BCUT2D eigenvalue weighted by molar-refractivity contribution is 9.10. The van der Waals surface area contributed by atoms with E-state index < -0.39 is 0 Å². The van der Waals surface area contributed by atoms with Crippen LogP contribution in [-0.2, 0) is 0 Å². The number of rotatable bonds is 3. The Labute approximate surface area is 85.8 Å². The molecule has 0 unspecified atom stereocenters. The Morgan fingerprint density at radius 2 is 2.25 bits per heavy atom. The predicted molar refractivity (Wildman–Crippen MR) is 55.1 cm³/mol. The Morgan fingerprint density at radius 1 is 1.50 bits per heavy atom. The van der Waals surface area contributed by atoms with E-state index in [4.69, 9.17) is 16.3 Å². The van der Waals surface area contributed by atoms with E-state index in [0.717, 1.165) is 15.8 Å². The number of benzene rings is 1. The van der Waals surface area contributed by atoms with E-state index >= 15 is 0 Å². The summed E-state index contributed by atoms with van der Waals surface area (Å²) in [6, 6.07) is 5.94. The molecule has 66 valence electrons. The predicted octanol–water partition coefficient (Wildman–Crippen LogP) is 3.38. The molecule has 0 saturated heterocycles. The van der Waals surface area contributed by atoms with Gasteiger partial charge in [-0.15, -0.1) is 11.6 Å². The quantitative estimate of drug-likeness (QED) is 0.746. The number of alkyl halides is 1. The summed E-state index contributed by atoms with van der Waals surface area (Å²) in [5, 5.41) is 0. The lowest BCUT2D eigenvalue weighted by Crippen LogP contribution is -1.99. The third-order valence-electron chi connectivity index (χ3n) is 1.48. The van der Waals surface area contributed by atoms with E-state index in [1.807, 2.05) is 25.1 Å². The highest BCUT2D eigenvalue weighted by Gasteiger charge is 1.98. The van der Waals surface area contributed by atoms with Gasteiger partial charge in [-0.1, -0.05) is 22.0 Å². The van der Waals surface area contributed by atoms with E-state index in [2.05, 4.69) is 15.9 Å². The van der Waals surface area contributed by atoms with Crippen LogP contribution in [0.1, 0.15) is 5.56 Å². The molecule has 1 aromatic rings. The number of ether oxygens (including phenoxy) is 1. The van der Waals surface area contributed by atoms with Crippen molar-refractivity contribution >= 4 is 27.5 Å². The van der Waals surface area contributed by atoms with Crippen molar-refractivity contribution in [3.63, 3.8) is 0 Å². The Morgan fingerprint density at radius 3 is 2.92 bits per heavy atom. The minimum absolute atomic E-state index is 0.520. The lowest BCUT2D eigenvalue weighted by molar-refractivity contribution is 0.340. The lowest BCUT2D eigenvalue weighted by atomic mass is 10.2. The van der Waals surface area contributed by atoms with Crippen molar-refractivity contribution in [2.75, 3.05) is 12.5 Å². The zero-order valence-corrected chi connectivity index (χ0v) is 9.15. The smallest absolute Gasteiger partial charge is 0.123 e. The largest absolute Gasteiger partial charge is 0.492 e. The fourth-order valence-electron chi connectivity index (χ4n) is 0.878. The molecule has 0 aromatic heterocycles. The molecule has 0 aliphatic heterocycles. The third kappa shape index (κ3) is 2.68. The maximum atomic E-state index is 5.51. The van der Waals surface area contributed by atoms with Gasteiger partial charge >= 0.3 is 0 Å². The van der Waals surface area contributed by atoms with Crippen molar-refractivity contribution in [3.8, 4) is 5.75 Å². The van der Waals surface area contributed by atoms with Gasteiger partial charge in [0.2, 0.25) is 0 Å². The van der Waals surface area contributed by atoms with Crippen LogP contribution in [0.3, 0.4) is 0 Å². The molecule has 0 heterocycles. The first kappa shape index (κ1) is 9.87. The van der Waals surface area contributed by atoms with Gasteiger partial charge in [0, 0.05) is 4.47 Å².